The fourth-order valence-electron chi connectivity index (χ4n) is 4.42. The smallest absolute Gasteiger partial charge is 0.264 e. The molecule has 1 heterocycles. The molecule has 4 rings (SSSR count). The normalized spacial score (nSPS) is 13.9. The SMILES string of the molecule is CC[C@@H](C)NC(=O)[C@H](C)N(Cc1ccc(OC)cc1)C(=O)CN(c1ccc(F)cc1)S(=O)(=O)c1ccc2c(c1)OCCO2. The molecule has 0 spiro atoms. The van der Waals surface area contributed by atoms with Gasteiger partial charge in [-0.15, -0.1) is 0 Å². The number of fused-ring (bicyclic) bond motifs is 1. The van der Waals surface area contributed by atoms with Gasteiger partial charge in [0.05, 0.1) is 17.7 Å². The van der Waals surface area contributed by atoms with Crippen LogP contribution in [0.5, 0.6) is 17.2 Å². The van der Waals surface area contributed by atoms with Crippen LogP contribution in [0, 0.1) is 5.82 Å². The largest absolute Gasteiger partial charge is 0.497 e. The van der Waals surface area contributed by atoms with Gasteiger partial charge in [-0.3, -0.25) is 13.9 Å². The molecule has 0 saturated carbocycles. The van der Waals surface area contributed by atoms with Gasteiger partial charge in [0.15, 0.2) is 11.5 Å². The minimum absolute atomic E-state index is 0.0270. The van der Waals surface area contributed by atoms with Crippen molar-refractivity contribution in [3.05, 3.63) is 78.1 Å². The number of carbonyl (C=O) groups excluding carboxylic acids is 2. The Morgan fingerprint density at radius 2 is 1.63 bits per heavy atom. The summed E-state index contributed by atoms with van der Waals surface area (Å²) in [6.07, 6.45) is 0.691. The number of benzene rings is 3. The Labute approximate surface area is 251 Å². The highest BCUT2D eigenvalue weighted by Gasteiger charge is 2.33. The minimum atomic E-state index is -4.37. The van der Waals surface area contributed by atoms with Crippen LogP contribution < -0.4 is 23.8 Å². The van der Waals surface area contributed by atoms with Crippen molar-refractivity contribution in [2.45, 2.75) is 50.7 Å². The lowest BCUT2D eigenvalue weighted by Crippen LogP contribution is -2.52. The van der Waals surface area contributed by atoms with E-state index in [9.17, 15) is 22.4 Å². The van der Waals surface area contributed by atoms with E-state index < -0.39 is 34.3 Å². The van der Waals surface area contributed by atoms with Crippen LogP contribution in [-0.2, 0) is 26.2 Å². The molecule has 3 aromatic carbocycles. The van der Waals surface area contributed by atoms with Crippen LogP contribution in [0.2, 0.25) is 0 Å². The van der Waals surface area contributed by atoms with Gasteiger partial charge in [0.2, 0.25) is 11.8 Å². The number of hydrogen-bond donors (Lipinski definition) is 1. The lowest BCUT2D eigenvalue weighted by Gasteiger charge is -2.32. The number of methoxy groups -OCH3 is 1. The number of nitrogens with zero attached hydrogens (tertiary/aromatic N) is 2. The molecule has 43 heavy (non-hydrogen) atoms. The molecule has 3 aromatic rings. The van der Waals surface area contributed by atoms with E-state index in [1.807, 2.05) is 13.8 Å². The van der Waals surface area contributed by atoms with E-state index in [0.29, 0.717) is 30.1 Å². The Hall–Kier alpha value is -4.32. The van der Waals surface area contributed by atoms with Crippen LogP contribution in [0.4, 0.5) is 10.1 Å². The summed E-state index contributed by atoms with van der Waals surface area (Å²) in [5.74, 6) is -0.289. The summed E-state index contributed by atoms with van der Waals surface area (Å²) in [6, 6.07) is 14.9. The van der Waals surface area contributed by atoms with Crippen molar-refractivity contribution >= 4 is 27.5 Å². The Bertz CT molecular complexity index is 1530. The number of rotatable bonds is 12. The lowest BCUT2D eigenvalue weighted by molar-refractivity contribution is -0.139. The second-order valence-electron chi connectivity index (χ2n) is 10.2. The standard InChI is InChI=1S/C31H36FN3O7S/c1-5-21(2)33-31(37)22(3)34(19-23-6-12-26(40-4)13-7-23)30(36)20-35(25-10-8-24(32)9-11-25)43(38,39)27-14-15-28-29(18-27)42-17-16-41-28/h6-15,18,21-22H,5,16-17,19-20H2,1-4H3,(H,33,37)/t21-,22+/m1/s1. The summed E-state index contributed by atoms with van der Waals surface area (Å²) in [4.78, 5) is 28.4. The Morgan fingerprint density at radius 1 is 0.977 bits per heavy atom. The highest BCUT2D eigenvalue weighted by atomic mass is 32.2. The summed E-state index contributed by atoms with van der Waals surface area (Å²) in [5, 5.41) is 2.89. The monoisotopic (exact) mass is 613 g/mol. The summed E-state index contributed by atoms with van der Waals surface area (Å²) in [7, 11) is -2.83. The number of carbonyl (C=O) groups is 2. The zero-order chi connectivity index (χ0) is 31.1. The molecule has 230 valence electrons. The van der Waals surface area contributed by atoms with Gasteiger partial charge in [0.1, 0.15) is 37.4 Å². The molecule has 0 saturated heterocycles. The summed E-state index contributed by atoms with van der Waals surface area (Å²) < 4.78 is 59.2. The van der Waals surface area contributed by atoms with Crippen LogP contribution in [0.25, 0.3) is 0 Å². The third-order valence-electron chi connectivity index (χ3n) is 7.18. The number of amides is 2. The molecule has 10 nitrogen and oxygen atoms in total. The molecule has 0 radical (unpaired) electrons. The van der Waals surface area contributed by atoms with Gasteiger partial charge >= 0.3 is 0 Å². The van der Waals surface area contributed by atoms with Gasteiger partial charge in [0.25, 0.3) is 10.0 Å². The van der Waals surface area contributed by atoms with Crippen molar-refractivity contribution in [2.75, 3.05) is 31.2 Å². The second-order valence-corrected chi connectivity index (χ2v) is 12.0. The number of nitrogens with one attached hydrogen (secondary N) is 1. The first-order valence-electron chi connectivity index (χ1n) is 13.9. The third kappa shape index (κ3) is 7.56. The van der Waals surface area contributed by atoms with Crippen LogP contribution in [0.3, 0.4) is 0 Å². The third-order valence-corrected chi connectivity index (χ3v) is 8.95. The molecule has 0 aliphatic carbocycles. The van der Waals surface area contributed by atoms with Crippen LogP contribution in [0.1, 0.15) is 32.8 Å². The van der Waals surface area contributed by atoms with E-state index in [1.165, 1.54) is 35.2 Å². The van der Waals surface area contributed by atoms with Gasteiger partial charge in [-0.2, -0.15) is 0 Å². The first-order valence-corrected chi connectivity index (χ1v) is 15.4. The maximum atomic E-state index is 14.1. The van der Waals surface area contributed by atoms with Crippen molar-refractivity contribution in [1.82, 2.24) is 10.2 Å². The molecule has 0 aromatic heterocycles. The zero-order valence-corrected chi connectivity index (χ0v) is 25.4. The molecule has 1 N–H and O–H groups in total. The maximum Gasteiger partial charge on any atom is 0.264 e. The predicted molar refractivity (Wildman–Crippen MR) is 159 cm³/mol. The highest BCUT2D eigenvalue weighted by Crippen LogP contribution is 2.34. The van der Waals surface area contributed by atoms with E-state index >= 15 is 0 Å². The molecular weight excluding hydrogens is 577 g/mol. The van der Waals surface area contributed by atoms with Crippen LogP contribution in [-0.4, -0.2) is 64.1 Å². The average molecular weight is 614 g/mol. The molecule has 0 unspecified atom stereocenters. The number of ether oxygens (including phenoxy) is 3. The van der Waals surface area contributed by atoms with Gasteiger partial charge in [-0.05, 0) is 74.4 Å². The molecule has 0 bridgehead atoms. The Balaban J connectivity index is 1.71. The molecule has 0 fully saturated rings. The molecule has 2 amide bonds. The van der Waals surface area contributed by atoms with Gasteiger partial charge in [-0.1, -0.05) is 19.1 Å². The predicted octanol–water partition coefficient (Wildman–Crippen LogP) is 4.13. The number of anilines is 1. The first-order chi connectivity index (χ1) is 20.5. The average Bonchev–Trinajstić information content (AvgIpc) is 3.02. The topological polar surface area (TPSA) is 114 Å². The van der Waals surface area contributed by atoms with Crippen LogP contribution >= 0.6 is 0 Å². The Kier molecular flexibility index (Phi) is 10.1. The number of halogens is 1. The van der Waals surface area contributed by atoms with Crippen molar-refractivity contribution < 1.29 is 36.6 Å². The lowest BCUT2D eigenvalue weighted by atomic mass is 10.1. The summed E-state index contributed by atoms with van der Waals surface area (Å²) >= 11 is 0. The quantitative estimate of drug-likeness (QED) is 0.327. The highest BCUT2D eigenvalue weighted by molar-refractivity contribution is 7.92. The maximum absolute atomic E-state index is 14.1. The molecule has 1 aliphatic heterocycles. The van der Waals surface area contributed by atoms with Gasteiger partial charge in [-0.25, -0.2) is 12.8 Å². The van der Waals surface area contributed by atoms with Crippen LogP contribution in [0.15, 0.2) is 71.6 Å². The van der Waals surface area contributed by atoms with E-state index in [1.54, 1.807) is 38.3 Å². The van der Waals surface area contributed by atoms with Gasteiger partial charge in [0, 0.05) is 18.7 Å². The number of hydrogen-bond acceptors (Lipinski definition) is 7. The van der Waals surface area contributed by atoms with E-state index in [0.717, 1.165) is 16.4 Å². The van der Waals surface area contributed by atoms with Gasteiger partial charge < -0.3 is 24.4 Å². The summed E-state index contributed by atoms with van der Waals surface area (Å²) in [5.41, 5.74) is 0.783. The van der Waals surface area contributed by atoms with E-state index in [-0.39, 0.29) is 41.4 Å². The fraction of sp³-hybridized carbons (Fsp3) is 0.355. The molecule has 12 heteroatoms. The summed E-state index contributed by atoms with van der Waals surface area (Å²) in [6.45, 7) is 5.35. The van der Waals surface area contributed by atoms with Crippen molar-refractivity contribution in [1.29, 1.82) is 0 Å². The van der Waals surface area contributed by atoms with Crippen molar-refractivity contribution in [3.8, 4) is 17.2 Å². The molecular formula is C31H36FN3O7S. The molecule has 1 aliphatic rings. The van der Waals surface area contributed by atoms with E-state index in [4.69, 9.17) is 14.2 Å². The molecule has 2 atom stereocenters. The second kappa shape index (κ2) is 13.8. The number of sulfonamides is 1. The Morgan fingerprint density at radius 3 is 2.26 bits per heavy atom. The van der Waals surface area contributed by atoms with E-state index in [2.05, 4.69) is 5.32 Å². The first kappa shape index (κ1) is 31.6. The fourth-order valence-corrected chi connectivity index (χ4v) is 5.85. The zero-order valence-electron chi connectivity index (χ0n) is 24.6. The minimum Gasteiger partial charge on any atom is -0.497 e. The van der Waals surface area contributed by atoms with Crippen molar-refractivity contribution in [3.63, 3.8) is 0 Å². The van der Waals surface area contributed by atoms with Crippen molar-refractivity contribution in [2.24, 2.45) is 0 Å².